The fourth-order valence-electron chi connectivity index (χ4n) is 4.37. The van der Waals surface area contributed by atoms with E-state index < -0.39 is 11.4 Å². The topological polar surface area (TPSA) is 55.4 Å². The highest BCUT2D eigenvalue weighted by molar-refractivity contribution is 5.86. The number of halogens is 1. The van der Waals surface area contributed by atoms with E-state index in [2.05, 4.69) is 5.32 Å². The second kappa shape index (κ2) is 8.65. The number of rotatable bonds is 5. The Morgan fingerprint density at radius 2 is 1.69 bits per heavy atom. The van der Waals surface area contributed by atoms with E-state index in [1.165, 1.54) is 18.9 Å². The van der Waals surface area contributed by atoms with Gasteiger partial charge in [-0.15, -0.1) is 0 Å². The molecule has 1 aromatic rings. The van der Waals surface area contributed by atoms with Gasteiger partial charge in [0.1, 0.15) is 5.82 Å². The lowest BCUT2D eigenvalue weighted by molar-refractivity contribution is -0.154. The quantitative estimate of drug-likeness (QED) is 0.637. The molecule has 0 spiro atoms. The summed E-state index contributed by atoms with van der Waals surface area (Å²) in [5.41, 5.74) is -0.555. The van der Waals surface area contributed by atoms with Crippen molar-refractivity contribution >= 4 is 11.9 Å². The van der Waals surface area contributed by atoms with Gasteiger partial charge in [0.15, 0.2) is 6.61 Å². The van der Waals surface area contributed by atoms with Crippen molar-refractivity contribution < 1.29 is 18.7 Å². The molecule has 0 unspecified atom stereocenters. The number of hydrogen-bond acceptors (Lipinski definition) is 3. The second-order valence-electron chi connectivity index (χ2n) is 7.60. The molecule has 2 aliphatic carbocycles. The molecule has 2 saturated carbocycles. The minimum atomic E-state index is -0.950. The Labute approximate surface area is 154 Å². The molecule has 0 saturated heterocycles. The average molecular weight is 361 g/mol. The molecule has 0 heterocycles. The van der Waals surface area contributed by atoms with Gasteiger partial charge >= 0.3 is 5.97 Å². The first-order valence-corrected chi connectivity index (χ1v) is 9.83. The second-order valence-corrected chi connectivity index (χ2v) is 7.60. The monoisotopic (exact) mass is 361 g/mol. The molecule has 0 radical (unpaired) electrons. The molecule has 0 aromatic heterocycles. The molecule has 0 bridgehead atoms. The number of hydrogen-bond donors (Lipinski definition) is 1. The van der Waals surface area contributed by atoms with Crippen LogP contribution in [0.3, 0.4) is 0 Å². The van der Waals surface area contributed by atoms with E-state index in [1.807, 2.05) is 0 Å². The zero-order valence-corrected chi connectivity index (χ0v) is 15.3. The number of benzene rings is 1. The molecule has 5 heteroatoms. The summed E-state index contributed by atoms with van der Waals surface area (Å²) in [7, 11) is 0. The van der Waals surface area contributed by atoms with E-state index >= 15 is 0 Å². The highest BCUT2D eigenvalue weighted by atomic mass is 19.1. The molecule has 3 rings (SSSR count). The van der Waals surface area contributed by atoms with Gasteiger partial charge in [0, 0.05) is 11.6 Å². The smallest absolute Gasteiger partial charge is 0.317 e. The molecule has 1 aromatic carbocycles. The van der Waals surface area contributed by atoms with Crippen molar-refractivity contribution in [1.29, 1.82) is 0 Å². The van der Waals surface area contributed by atoms with Crippen LogP contribution in [0.1, 0.15) is 69.8 Å². The van der Waals surface area contributed by atoms with E-state index in [4.69, 9.17) is 4.74 Å². The van der Waals surface area contributed by atoms with Gasteiger partial charge in [-0.25, -0.2) is 4.39 Å². The van der Waals surface area contributed by atoms with E-state index in [-0.39, 0.29) is 24.4 Å². The first-order valence-electron chi connectivity index (χ1n) is 9.83. The zero-order chi connectivity index (χ0) is 18.4. The van der Waals surface area contributed by atoms with Gasteiger partial charge in [0.05, 0.1) is 5.41 Å². The van der Waals surface area contributed by atoms with Crippen molar-refractivity contribution in [3.05, 3.63) is 35.6 Å². The van der Waals surface area contributed by atoms with Crippen LogP contribution in [0.25, 0.3) is 0 Å². The Bertz CT molecular complexity index is 632. The Kier molecular flexibility index (Phi) is 6.28. The minimum absolute atomic E-state index is 0.177. The molecular weight excluding hydrogens is 333 g/mol. The van der Waals surface area contributed by atoms with Crippen LogP contribution in [0, 0.1) is 5.82 Å². The maximum Gasteiger partial charge on any atom is 0.317 e. The maximum atomic E-state index is 14.3. The van der Waals surface area contributed by atoms with Crippen molar-refractivity contribution in [2.45, 2.75) is 75.7 Å². The van der Waals surface area contributed by atoms with Crippen LogP contribution < -0.4 is 5.32 Å². The SMILES string of the molecule is O=C(COC(=O)C1(c2ccccc2F)CCCC1)NC1CCCCCC1. The van der Waals surface area contributed by atoms with Gasteiger partial charge in [0.25, 0.3) is 5.91 Å². The summed E-state index contributed by atoms with van der Waals surface area (Å²) in [5, 5.41) is 2.98. The molecule has 1 N–H and O–H groups in total. The minimum Gasteiger partial charge on any atom is -0.455 e. The van der Waals surface area contributed by atoms with Gasteiger partial charge in [-0.2, -0.15) is 0 Å². The van der Waals surface area contributed by atoms with Gasteiger partial charge in [-0.3, -0.25) is 9.59 Å². The van der Waals surface area contributed by atoms with Gasteiger partial charge in [-0.05, 0) is 31.7 Å². The number of amides is 1. The van der Waals surface area contributed by atoms with Crippen molar-refractivity contribution in [2.75, 3.05) is 6.61 Å². The predicted molar refractivity (Wildman–Crippen MR) is 97.1 cm³/mol. The fourth-order valence-corrected chi connectivity index (χ4v) is 4.37. The van der Waals surface area contributed by atoms with Crippen LogP contribution in [0.5, 0.6) is 0 Å². The molecule has 4 nitrogen and oxygen atoms in total. The molecule has 1 amide bonds. The van der Waals surface area contributed by atoms with Gasteiger partial charge < -0.3 is 10.1 Å². The highest BCUT2D eigenvalue weighted by Gasteiger charge is 2.45. The summed E-state index contributed by atoms with van der Waals surface area (Å²) in [4.78, 5) is 25.0. The number of nitrogens with one attached hydrogen (secondary N) is 1. The third kappa shape index (κ3) is 4.25. The van der Waals surface area contributed by atoms with E-state index in [1.54, 1.807) is 18.2 Å². The lowest BCUT2D eigenvalue weighted by Crippen LogP contribution is -2.41. The normalized spacial score (nSPS) is 20.3. The first-order chi connectivity index (χ1) is 12.6. The largest absolute Gasteiger partial charge is 0.455 e. The van der Waals surface area contributed by atoms with Crippen molar-refractivity contribution in [2.24, 2.45) is 0 Å². The Morgan fingerprint density at radius 1 is 1.04 bits per heavy atom. The summed E-state index contributed by atoms with van der Waals surface area (Å²) in [6.45, 7) is -0.286. The van der Waals surface area contributed by atoms with Crippen molar-refractivity contribution in [1.82, 2.24) is 5.32 Å². The summed E-state index contributed by atoms with van der Waals surface area (Å²) < 4.78 is 19.7. The van der Waals surface area contributed by atoms with Gasteiger partial charge in [0.2, 0.25) is 0 Å². The first kappa shape index (κ1) is 18.9. The third-order valence-electron chi connectivity index (χ3n) is 5.79. The fraction of sp³-hybridized carbons (Fsp3) is 0.619. The zero-order valence-electron chi connectivity index (χ0n) is 15.3. The molecule has 142 valence electrons. The molecule has 0 aliphatic heterocycles. The average Bonchev–Trinajstić information content (AvgIpc) is 3.00. The molecule has 2 aliphatic rings. The van der Waals surface area contributed by atoms with Crippen LogP contribution in [0.15, 0.2) is 24.3 Å². The van der Waals surface area contributed by atoms with E-state index in [0.717, 1.165) is 38.5 Å². The predicted octanol–water partition coefficient (Wildman–Crippen LogP) is 4.02. The van der Waals surface area contributed by atoms with Crippen LogP contribution in [0.4, 0.5) is 4.39 Å². The lowest BCUT2D eigenvalue weighted by atomic mass is 9.78. The maximum absolute atomic E-state index is 14.3. The van der Waals surface area contributed by atoms with Crippen molar-refractivity contribution in [3.63, 3.8) is 0 Å². The number of carbonyl (C=O) groups excluding carboxylic acids is 2. The van der Waals surface area contributed by atoms with E-state index in [0.29, 0.717) is 18.4 Å². The van der Waals surface area contributed by atoms with E-state index in [9.17, 15) is 14.0 Å². The number of esters is 1. The van der Waals surface area contributed by atoms with Gasteiger partial charge in [-0.1, -0.05) is 56.7 Å². The molecule has 0 atom stereocenters. The summed E-state index contributed by atoms with van der Waals surface area (Å²) in [5.74, 6) is -1.11. The van der Waals surface area contributed by atoms with Crippen LogP contribution >= 0.6 is 0 Å². The lowest BCUT2D eigenvalue weighted by Gasteiger charge is -2.27. The Morgan fingerprint density at radius 3 is 2.35 bits per heavy atom. The highest BCUT2D eigenvalue weighted by Crippen LogP contribution is 2.43. The standard InChI is InChI=1S/C21H28FNO3/c22-18-12-6-5-11-17(18)21(13-7-8-14-21)20(25)26-15-19(24)23-16-9-3-1-2-4-10-16/h5-6,11-12,16H,1-4,7-10,13-15H2,(H,23,24). The van der Waals surface area contributed by atoms with Crippen LogP contribution in [-0.4, -0.2) is 24.5 Å². The number of carbonyl (C=O) groups is 2. The summed E-state index contributed by atoms with van der Waals surface area (Å²) in [6, 6.07) is 6.57. The Hall–Kier alpha value is -1.91. The summed E-state index contributed by atoms with van der Waals surface area (Å²) in [6.07, 6.45) is 9.50. The van der Waals surface area contributed by atoms with Crippen LogP contribution in [-0.2, 0) is 19.7 Å². The molecule has 2 fully saturated rings. The summed E-state index contributed by atoms with van der Waals surface area (Å²) >= 11 is 0. The third-order valence-corrected chi connectivity index (χ3v) is 5.79. The molecular formula is C21H28FNO3. The number of ether oxygens (including phenoxy) is 1. The van der Waals surface area contributed by atoms with Crippen molar-refractivity contribution in [3.8, 4) is 0 Å². The Balaban J connectivity index is 1.60. The van der Waals surface area contributed by atoms with Crippen LogP contribution in [0.2, 0.25) is 0 Å². The molecule has 26 heavy (non-hydrogen) atoms.